The predicted octanol–water partition coefficient (Wildman–Crippen LogP) is 1.52. The molecule has 0 radical (unpaired) electrons. The zero-order valence-corrected chi connectivity index (χ0v) is 10.0. The Kier molecular flexibility index (Phi) is 5.77. The van der Waals surface area contributed by atoms with Crippen molar-refractivity contribution in [2.75, 3.05) is 0 Å². The maximum atomic E-state index is 11.5. The van der Waals surface area contributed by atoms with E-state index in [2.05, 4.69) is 19.2 Å². The highest BCUT2D eigenvalue weighted by atomic mass is 16.2. The van der Waals surface area contributed by atoms with E-state index in [1.54, 1.807) is 0 Å². The van der Waals surface area contributed by atoms with Crippen LogP contribution in [0.1, 0.15) is 41.0 Å². The molecule has 0 rings (SSSR count). The molecular weight excluding hydrogens is 176 g/mol. The molecule has 14 heavy (non-hydrogen) atoms. The molecule has 0 bridgehead atoms. The average molecular weight is 200 g/mol. The van der Waals surface area contributed by atoms with Gasteiger partial charge in [-0.2, -0.15) is 0 Å². The Morgan fingerprint density at radius 3 is 2.07 bits per heavy atom. The van der Waals surface area contributed by atoms with Gasteiger partial charge in [0.25, 0.3) is 0 Å². The number of rotatable bonds is 5. The van der Waals surface area contributed by atoms with Gasteiger partial charge in [-0.25, -0.2) is 0 Å². The van der Waals surface area contributed by atoms with Crippen LogP contribution in [-0.4, -0.2) is 18.0 Å². The van der Waals surface area contributed by atoms with E-state index in [1.165, 1.54) is 0 Å². The molecule has 84 valence electrons. The molecule has 3 heteroatoms. The van der Waals surface area contributed by atoms with Crippen LogP contribution in [0.2, 0.25) is 0 Å². The highest BCUT2D eigenvalue weighted by Gasteiger charge is 2.18. The Hall–Kier alpha value is -0.570. The van der Waals surface area contributed by atoms with Crippen molar-refractivity contribution in [1.82, 2.24) is 5.32 Å². The fourth-order valence-electron chi connectivity index (χ4n) is 1.41. The average Bonchev–Trinajstić information content (AvgIpc) is 2.00. The third-order valence-electron chi connectivity index (χ3n) is 2.23. The number of carbonyl (C=O) groups excluding carboxylic acids is 1. The van der Waals surface area contributed by atoms with E-state index < -0.39 is 0 Å². The number of nitrogens with one attached hydrogen (secondary N) is 1. The van der Waals surface area contributed by atoms with Crippen molar-refractivity contribution in [2.24, 2.45) is 17.6 Å². The fraction of sp³-hybridized carbons (Fsp3) is 0.909. The van der Waals surface area contributed by atoms with Crippen LogP contribution in [0.5, 0.6) is 0 Å². The molecular formula is C11H24N2O. The molecule has 0 aliphatic rings. The van der Waals surface area contributed by atoms with Gasteiger partial charge < -0.3 is 11.1 Å². The molecule has 0 saturated carbocycles. The van der Waals surface area contributed by atoms with E-state index in [0.717, 1.165) is 6.42 Å². The van der Waals surface area contributed by atoms with Crippen LogP contribution in [0.4, 0.5) is 0 Å². The summed E-state index contributed by atoms with van der Waals surface area (Å²) in [6.45, 7) is 10.2. The Morgan fingerprint density at radius 2 is 1.71 bits per heavy atom. The molecule has 0 aliphatic carbocycles. The number of amides is 1. The second kappa shape index (κ2) is 6.02. The smallest absolute Gasteiger partial charge is 0.237 e. The first-order valence-corrected chi connectivity index (χ1v) is 5.40. The monoisotopic (exact) mass is 200 g/mol. The van der Waals surface area contributed by atoms with Crippen LogP contribution in [0.15, 0.2) is 0 Å². The summed E-state index contributed by atoms with van der Waals surface area (Å²) in [6, 6.07) is -0.170. The second-order valence-electron chi connectivity index (χ2n) is 4.81. The SMILES string of the molecule is CC(C)CC(C)NC(=O)[C@@H](N)C(C)C. The first kappa shape index (κ1) is 13.4. The summed E-state index contributed by atoms with van der Waals surface area (Å²) in [6.07, 6.45) is 0.997. The first-order valence-electron chi connectivity index (χ1n) is 5.40. The Balaban J connectivity index is 3.93. The minimum atomic E-state index is -0.385. The third kappa shape index (κ3) is 5.22. The summed E-state index contributed by atoms with van der Waals surface area (Å²) in [5, 5.41) is 2.93. The molecule has 2 atom stereocenters. The summed E-state index contributed by atoms with van der Waals surface area (Å²) in [7, 11) is 0. The maximum Gasteiger partial charge on any atom is 0.237 e. The molecule has 0 aromatic heterocycles. The minimum Gasteiger partial charge on any atom is -0.352 e. The molecule has 0 aromatic carbocycles. The first-order chi connectivity index (χ1) is 6.34. The fourth-order valence-corrected chi connectivity index (χ4v) is 1.41. The molecule has 0 spiro atoms. The van der Waals surface area contributed by atoms with Crippen LogP contribution < -0.4 is 11.1 Å². The van der Waals surface area contributed by atoms with Gasteiger partial charge in [0.05, 0.1) is 6.04 Å². The highest BCUT2D eigenvalue weighted by Crippen LogP contribution is 2.05. The summed E-state index contributed by atoms with van der Waals surface area (Å²) in [5.74, 6) is 0.759. The van der Waals surface area contributed by atoms with E-state index >= 15 is 0 Å². The molecule has 0 aliphatic heterocycles. The van der Waals surface area contributed by atoms with Crippen LogP contribution in [0.3, 0.4) is 0 Å². The number of hydrogen-bond acceptors (Lipinski definition) is 2. The predicted molar refractivity (Wildman–Crippen MR) is 59.9 cm³/mol. The van der Waals surface area contributed by atoms with Crippen LogP contribution in [0, 0.1) is 11.8 Å². The van der Waals surface area contributed by atoms with Gasteiger partial charge in [-0.05, 0) is 25.2 Å². The van der Waals surface area contributed by atoms with Gasteiger partial charge in [0.15, 0.2) is 0 Å². The van der Waals surface area contributed by atoms with Crippen molar-refractivity contribution < 1.29 is 4.79 Å². The highest BCUT2D eigenvalue weighted by molar-refractivity contribution is 5.81. The van der Waals surface area contributed by atoms with Gasteiger partial charge in [0.2, 0.25) is 5.91 Å². The van der Waals surface area contributed by atoms with Crippen molar-refractivity contribution in [3.8, 4) is 0 Å². The molecule has 0 fully saturated rings. The minimum absolute atomic E-state index is 0.0341. The quantitative estimate of drug-likeness (QED) is 0.707. The molecule has 0 aromatic rings. The normalized spacial score (nSPS) is 15.7. The third-order valence-corrected chi connectivity index (χ3v) is 2.23. The summed E-state index contributed by atoms with van der Waals surface area (Å²) in [4.78, 5) is 11.5. The number of nitrogens with two attached hydrogens (primary N) is 1. The van der Waals surface area contributed by atoms with E-state index in [-0.39, 0.29) is 23.9 Å². The van der Waals surface area contributed by atoms with Gasteiger partial charge >= 0.3 is 0 Å². The Bertz CT molecular complexity index is 178. The van der Waals surface area contributed by atoms with Gasteiger partial charge in [-0.1, -0.05) is 27.7 Å². The standard InChI is InChI=1S/C11H24N2O/c1-7(2)6-9(5)13-11(14)10(12)8(3)4/h7-10H,6,12H2,1-5H3,(H,13,14)/t9?,10-/m0/s1. The molecule has 0 heterocycles. The van der Waals surface area contributed by atoms with Crippen molar-refractivity contribution in [2.45, 2.75) is 53.1 Å². The van der Waals surface area contributed by atoms with Gasteiger partial charge in [0.1, 0.15) is 0 Å². The van der Waals surface area contributed by atoms with Crippen LogP contribution in [0.25, 0.3) is 0 Å². The Labute approximate surface area is 87.4 Å². The lowest BCUT2D eigenvalue weighted by molar-refractivity contribution is -0.123. The van der Waals surface area contributed by atoms with E-state index in [9.17, 15) is 4.79 Å². The lowest BCUT2D eigenvalue weighted by Gasteiger charge is -2.20. The van der Waals surface area contributed by atoms with E-state index in [0.29, 0.717) is 5.92 Å². The van der Waals surface area contributed by atoms with Crippen molar-refractivity contribution in [3.05, 3.63) is 0 Å². The topological polar surface area (TPSA) is 55.1 Å². The summed E-state index contributed by atoms with van der Waals surface area (Å²) >= 11 is 0. The van der Waals surface area contributed by atoms with Gasteiger partial charge in [0, 0.05) is 6.04 Å². The Morgan fingerprint density at radius 1 is 1.21 bits per heavy atom. The lowest BCUT2D eigenvalue weighted by Crippen LogP contribution is -2.47. The summed E-state index contributed by atoms with van der Waals surface area (Å²) < 4.78 is 0. The van der Waals surface area contributed by atoms with E-state index in [1.807, 2.05) is 20.8 Å². The molecule has 1 amide bonds. The number of carbonyl (C=O) groups is 1. The second-order valence-corrected chi connectivity index (χ2v) is 4.81. The van der Waals surface area contributed by atoms with E-state index in [4.69, 9.17) is 5.73 Å². The largest absolute Gasteiger partial charge is 0.352 e. The maximum absolute atomic E-state index is 11.5. The zero-order valence-electron chi connectivity index (χ0n) is 10.0. The van der Waals surface area contributed by atoms with Crippen molar-refractivity contribution in [1.29, 1.82) is 0 Å². The molecule has 0 saturated heterocycles. The van der Waals surface area contributed by atoms with Crippen molar-refractivity contribution >= 4 is 5.91 Å². The van der Waals surface area contributed by atoms with Gasteiger partial charge in [-0.15, -0.1) is 0 Å². The van der Waals surface area contributed by atoms with Crippen molar-refractivity contribution in [3.63, 3.8) is 0 Å². The molecule has 1 unspecified atom stereocenters. The molecule has 3 nitrogen and oxygen atoms in total. The lowest BCUT2D eigenvalue weighted by atomic mass is 10.0. The molecule has 3 N–H and O–H groups in total. The zero-order chi connectivity index (χ0) is 11.3. The summed E-state index contributed by atoms with van der Waals surface area (Å²) in [5.41, 5.74) is 5.73. The van der Waals surface area contributed by atoms with Gasteiger partial charge in [-0.3, -0.25) is 4.79 Å². The van der Waals surface area contributed by atoms with Crippen LogP contribution in [-0.2, 0) is 4.79 Å². The number of hydrogen-bond donors (Lipinski definition) is 2. The van der Waals surface area contributed by atoms with Crippen LogP contribution >= 0.6 is 0 Å².